The summed E-state index contributed by atoms with van der Waals surface area (Å²) in [5.74, 6) is 0.844. The fourth-order valence-electron chi connectivity index (χ4n) is 3.65. The van der Waals surface area contributed by atoms with E-state index in [1.807, 2.05) is 48.5 Å². The molecule has 2 N–H and O–H groups in total. The number of nitrogens with one attached hydrogen (secondary N) is 2. The van der Waals surface area contributed by atoms with E-state index in [4.69, 9.17) is 4.99 Å². The van der Waals surface area contributed by atoms with Gasteiger partial charge in [-0.3, -0.25) is 4.79 Å². The number of fused-ring (bicyclic) bond motifs is 1. The van der Waals surface area contributed by atoms with Gasteiger partial charge in [-0.15, -0.1) is 0 Å². The van der Waals surface area contributed by atoms with Crippen LogP contribution in [0.4, 0.5) is 5.13 Å². The first-order valence-electron chi connectivity index (χ1n) is 9.06. The monoisotopic (exact) mass is 374 g/mol. The van der Waals surface area contributed by atoms with Gasteiger partial charge in [-0.05, 0) is 30.5 Å². The molecule has 134 valence electrons. The highest BCUT2D eigenvalue weighted by Crippen LogP contribution is 2.36. The number of allylic oxidation sites excluding steroid dienone is 1. The fourth-order valence-corrected chi connectivity index (χ4v) is 4.51. The number of hydrogen-bond acceptors (Lipinski definition) is 6. The molecular weight excluding hydrogens is 356 g/mol. The molecule has 0 saturated carbocycles. The van der Waals surface area contributed by atoms with Crippen LogP contribution in [0.15, 0.2) is 70.9 Å². The number of nitrogens with zero attached hydrogens (tertiary/aromatic N) is 2. The summed E-state index contributed by atoms with van der Waals surface area (Å²) in [5, 5.41) is 7.45. The minimum atomic E-state index is -0.271. The summed E-state index contributed by atoms with van der Waals surface area (Å²) in [7, 11) is 0. The lowest BCUT2D eigenvalue weighted by Crippen LogP contribution is -2.38. The third-order valence-corrected chi connectivity index (χ3v) is 5.84. The summed E-state index contributed by atoms with van der Waals surface area (Å²) >= 11 is 1.59. The molecule has 0 unspecified atom stereocenters. The first kappa shape index (κ1) is 16.2. The molecule has 0 amide bonds. The summed E-state index contributed by atoms with van der Waals surface area (Å²) in [6.45, 7) is 0. The molecule has 5 nitrogen and oxygen atoms in total. The predicted octanol–water partition coefficient (Wildman–Crippen LogP) is 4.42. The third kappa shape index (κ3) is 3.02. The van der Waals surface area contributed by atoms with Crippen LogP contribution in [0.1, 0.15) is 30.9 Å². The Morgan fingerprint density at radius 3 is 2.70 bits per heavy atom. The summed E-state index contributed by atoms with van der Waals surface area (Å²) < 4.78 is 1.13. The zero-order valence-corrected chi connectivity index (χ0v) is 15.4. The van der Waals surface area contributed by atoms with Crippen LogP contribution in [-0.4, -0.2) is 16.7 Å². The second kappa shape index (κ2) is 6.63. The molecule has 1 atom stereocenters. The summed E-state index contributed by atoms with van der Waals surface area (Å²) in [6.07, 6.45) is 2.34. The molecule has 3 aromatic rings. The minimum absolute atomic E-state index is 0.195. The second-order valence-corrected chi connectivity index (χ2v) is 7.73. The maximum Gasteiger partial charge on any atom is 0.202 e. The molecule has 1 aliphatic heterocycles. The van der Waals surface area contributed by atoms with Crippen molar-refractivity contribution >= 4 is 38.4 Å². The number of benzene rings is 2. The Kier molecular flexibility index (Phi) is 3.98. The highest BCUT2D eigenvalue weighted by atomic mass is 32.1. The van der Waals surface area contributed by atoms with Crippen molar-refractivity contribution < 1.29 is 4.79 Å². The maximum atomic E-state index is 12.6. The van der Waals surface area contributed by atoms with E-state index in [9.17, 15) is 4.79 Å². The molecule has 5 rings (SSSR count). The van der Waals surface area contributed by atoms with Crippen molar-refractivity contribution in [3.05, 3.63) is 71.4 Å². The first-order valence-corrected chi connectivity index (χ1v) is 9.88. The molecule has 0 fully saturated rings. The van der Waals surface area contributed by atoms with E-state index in [1.54, 1.807) is 11.3 Å². The largest absolute Gasteiger partial charge is 0.329 e. The van der Waals surface area contributed by atoms with Crippen molar-refractivity contribution in [1.82, 2.24) is 10.3 Å². The zero-order valence-electron chi connectivity index (χ0n) is 14.6. The lowest BCUT2D eigenvalue weighted by atomic mass is 9.86. The smallest absolute Gasteiger partial charge is 0.202 e. The Hall–Kier alpha value is -2.99. The van der Waals surface area contributed by atoms with Crippen molar-refractivity contribution in [3.8, 4) is 0 Å². The number of aliphatic imine (C=N–C) groups is 1. The second-order valence-electron chi connectivity index (χ2n) is 6.70. The van der Waals surface area contributed by atoms with Crippen LogP contribution < -0.4 is 10.6 Å². The van der Waals surface area contributed by atoms with E-state index >= 15 is 0 Å². The molecule has 0 radical (unpaired) electrons. The molecule has 1 aliphatic carbocycles. The van der Waals surface area contributed by atoms with E-state index in [2.05, 4.69) is 21.7 Å². The van der Waals surface area contributed by atoms with Crippen molar-refractivity contribution in [2.45, 2.75) is 25.3 Å². The molecule has 1 aromatic heterocycles. The average Bonchev–Trinajstić information content (AvgIpc) is 3.10. The van der Waals surface area contributed by atoms with Crippen molar-refractivity contribution in [3.63, 3.8) is 0 Å². The van der Waals surface area contributed by atoms with Gasteiger partial charge in [0.25, 0.3) is 0 Å². The molecule has 6 heteroatoms. The zero-order chi connectivity index (χ0) is 18.2. The van der Waals surface area contributed by atoms with Crippen LogP contribution in [0.5, 0.6) is 0 Å². The minimum Gasteiger partial charge on any atom is -0.329 e. The van der Waals surface area contributed by atoms with Gasteiger partial charge in [0.05, 0.1) is 10.2 Å². The fraction of sp³-hybridized carbons (Fsp3) is 0.190. The van der Waals surface area contributed by atoms with Gasteiger partial charge in [-0.25, -0.2) is 9.98 Å². The molecule has 2 aliphatic rings. The van der Waals surface area contributed by atoms with Crippen LogP contribution >= 0.6 is 11.3 Å². The van der Waals surface area contributed by atoms with Gasteiger partial charge < -0.3 is 10.6 Å². The number of guanidine groups is 1. The highest BCUT2D eigenvalue weighted by Gasteiger charge is 2.32. The number of para-hydroxylation sites is 1. The van der Waals surface area contributed by atoms with Gasteiger partial charge in [0.15, 0.2) is 10.9 Å². The number of anilines is 1. The topological polar surface area (TPSA) is 66.4 Å². The first-order chi connectivity index (χ1) is 13.3. The van der Waals surface area contributed by atoms with E-state index in [0.717, 1.165) is 45.0 Å². The van der Waals surface area contributed by atoms with Crippen molar-refractivity contribution in [1.29, 1.82) is 0 Å². The lowest BCUT2D eigenvalue weighted by molar-refractivity contribution is -0.116. The number of ketones is 1. The Morgan fingerprint density at radius 2 is 1.85 bits per heavy atom. The van der Waals surface area contributed by atoms with E-state index in [0.29, 0.717) is 12.4 Å². The van der Waals surface area contributed by atoms with Gasteiger partial charge in [-0.2, -0.15) is 0 Å². The number of Topliss-reactive ketones (excluding diaryl/α,β-unsaturated/α-hetero) is 1. The summed E-state index contributed by atoms with van der Waals surface area (Å²) in [5.41, 5.74) is 3.79. The van der Waals surface area contributed by atoms with Crippen LogP contribution in [0, 0.1) is 0 Å². The summed E-state index contributed by atoms with van der Waals surface area (Å²) in [4.78, 5) is 22.1. The van der Waals surface area contributed by atoms with Gasteiger partial charge in [0.1, 0.15) is 6.04 Å². The number of thiazole rings is 1. The lowest BCUT2D eigenvalue weighted by Gasteiger charge is -2.30. The highest BCUT2D eigenvalue weighted by molar-refractivity contribution is 7.22. The Bertz CT molecular complexity index is 1050. The van der Waals surface area contributed by atoms with Crippen LogP contribution in [0.25, 0.3) is 10.2 Å². The SMILES string of the molecule is O=C1CCCC2=C1[C@H](c1ccccc1)N=C(Nc1nc3ccccc3s1)N2. The predicted molar refractivity (Wildman–Crippen MR) is 109 cm³/mol. The van der Waals surface area contributed by atoms with Gasteiger partial charge >= 0.3 is 0 Å². The number of rotatable bonds is 2. The normalized spacial score (nSPS) is 19.5. The number of carbonyl (C=O) groups is 1. The van der Waals surface area contributed by atoms with Crippen LogP contribution in [0.2, 0.25) is 0 Å². The Balaban J connectivity index is 1.52. The average molecular weight is 374 g/mol. The van der Waals surface area contributed by atoms with Gasteiger partial charge in [-0.1, -0.05) is 53.8 Å². The maximum absolute atomic E-state index is 12.6. The molecular formula is C21H18N4OS. The van der Waals surface area contributed by atoms with E-state index < -0.39 is 0 Å². The van der Waals surface area contributed by atoms with Crippen LogP contribution in [0.3, 0.4) is 0 Å². The number of aromatic nitrogens is 1. The van der Waals surface area contributed by atoms with Crippen molar-refractivity contribution in [2.24, 2.45) is 4.99 Å². The van der Waals surface area contributed by atoms with Crippen LogP contribution in [-0.2, 0) is 4.79 Å². The third-order valence-electron chi connectivity index (χ3n) is 4.89. The summed E-state index contributed by atoms with van der Waals surface area (Å²) in [6, 6.07) is 17.8. The molecule has 0 bridgehead atoms. The molecule has 2 aromatic carbocycles. The van der Waals surface area contributed by atoms with E-state index in [1.165, 1.54) is 0 Å². The number of hydrogen-bond donors (Lipinski definition) is 2. The standard InChI is InChI=1S/C21H18N4OS/c26-16-11-6-10-15-18(16)19(13-7-2-1-3-8-13)24-20(22-15)25-21-23-14-9-4-5-12-17(14)27-21/h1-5,7-9,12,19H,6,10-11H2,(H2,22,23,24,25)/t19-/m0/s1. The Labute approximate surface area is 160 Å². The van der Waals surface area contributed by atoms with E-state index in [-0.39, 0.29) is 11.8 Å². The Morgan fingerprint density at radius 1 is 1.04 bits per heavy atom. The van der Waals surface area contributed by atoms with Gasteiger partial charge in [0, 0.05) is 17.7 Å². The van der Waals surface area contributed by atoms with Gasteiger partial charge in [0.2, 0.25) is 5.96 Å². The number of carbonyl (C=O) groups excluding carboxylic acids is 1. The molecule has 2 heterocycles. The molecule has 0 spiro atoms. The quantitative estimate of drug-likeness (QED) is 0.697. The molecule has 27 heavy (non-hydrogen) atoms. The molecule has 0 saturated heterocycles. The van der Waals surface area contributed by atoms with Crippen molar-refractivity contribution in [2.75, 3.05) is 5.32 Å².